The summed E-state index contributed by atoms with van der Waals surface area (Å²) < 4.78 is 0. The van der Waals surface area contributed by atoms with Crippen LogP contribution in [0.4, 0.5) is 0 Å². The number of carbonyl (C=O) groups excluding carboxylic acids is 1. The maximum Gasteiger partial charge on any atom is 0.265 e. The highest BCUT2D eigenvalue weighted by Crippen LogP contribution is 2.25. The molecule has 2 heterocycles. The number of aromatic nitrogens is 1. The van der Waals surface area contributed by atoms with E-state index >= 15 is 0 Å². The first-order valence-electron chi connectivity index (χ1n) is 6.97. The van der Waals surface area contributed by atoms with Gasteiger partial charge in [0, 0.05) is 19.5 Å². The predicted octanol–water partition coefficient (Wildman–Crippen LogP) is 2.07. The molecule has 1 aromatic heterocycles. The van der Waals surface area contributed by atoms with Crippen LogP contribution in [0.1, 0.15) is 40.6 Å². The number of rotatable bonds is 4. The zero-order valence-electron chi connectivity index (χ0n) is 12.0. The van der Waals surface area contributed by atoms with E-state index in [1.54, 1.807) is 11.3 Å². The molecule has 1 aromatic rings. The van der Waals surface area contributed by atoms with Crippen LogP contribution in [0.25, 0.3) is 0 Å². The Morgan fingerprint density at radius 3 is 2.89 bits per heavy atom. The maximum absolute atomic E-state index is 12.5. The lowest BCUT2D eigenvalue weighted by molar-refractivity contribution is 0.0791. The maximum atomic E-state index is 12.5. The molecule has 1 fully saturated rings. The van der Waals surface area contributed by atoms with Crippen molar-refractivity contribution in [1.29, 1.82) is 0 Å². The van der Waals surface area contributed by atoms with E-state index in [0.29, 0.717) is 18.4 Å². The Labute approximate surface area is 119 Å². The number of hydrogen-bond acceptors (Lipinski definition) is 4. The lowest BCUT2D eigenvalue weighted by Gasteiger charge is -2.15. The normalized spacial score (nSPS) is 19.4. The summed E-state index contributed by atoms with van der Waals surface area (Å²) in [5, 5.41) is 1.07. The lowest BCUT2D eigenvalue weighted by Crippen LogP contribution is -2.29. The molecule has 1 amide bonds. The van der Waals surface area contributed by atoms with Gasteiger partial charge in [-0.15, -0.1) is 11.3 Å². The van der Waals surface area contributed by atoms with E-state index in [-0.39, 0.29) is 5.91 Å². The van der Waals surface area contributed by atoms with Crippen molar-refractivity contribution < 1.29 is 4.79 Å². The summed E-state index contributed by atoms with van der Waals surface area (Å²) in [6, 6.07) is 0. The first-order valence-corrected chi connectivity index (χ1v) is 7.78. The summed E-state index contributed by atoms with van der Waals surface area (Å²) >= 11 is 1.56. The van der Waals surface area contributed by atoms with Crippen LogP contribution in [0.2, 0.25) is 0 Å². The van der Waals surface area contributed by atoms with Crippen LogP contribution >= 0.6 is 11.3 Å². The Hall–Kier alpha value is -0.940. The van der Waals surface area contributed by atoms with Crippen molar-refractivity contribution in [1.82, 2.24) is 9.88 Å². The molecule has 0 spiro atoms. The average Bonchev–Trinajstić information content (AvgIpc) is 2.94. The van der Waals surface area contributed by atoms with E-state index < -0.39 is 0 Å². The zero-order valence-corrected chi connectivity index (χ0v) is 12.8. The van der Waals surface area contributed by atoms with Gasteiger partial charge in [-0.1, -0.05) is 13.8 Å². The molecule has 0 aromatic carbocycles. The number of thiazole rings is 1. The van der Waals surface area contributed by atoms with Crippen LogP contribution in [-0.2, 0) is 6.42 Å². The molecule has 0 radical (unpaired) electrons. The number of nitrogens with two attached hydrogens (primary N) is 1. The molecule has 106 valence electrons. The van der Waals surface area contributed by atoms with Gasteiger partial charge < -0.3 is 10.6 Å². The van der Waals surface area contributed by atoms with Crippen molar-refractivity contribution in [3.63, 3.8) is 0 Å². The number of hydrogen-bond donors (Lipinski definition) is 1. The van der Waals surface area contributed by atoms with Gasteiger partial charge in [0.15, 0.2) is 0 Å². The third-order valence-electron chi connectivity index (χ3n) is 3.52. The van der Waals surface area contributed by atoms with Crippen molar-refractivity contribution in [3.05, 3.63) is 15.6 Å². The van der Waals surface area contributed by atoms with E-state index in [2.05, 4.69) is 18.8 Å². The first kappa shape index (κ1) is 14.5. The number of carbonyl (C=O) groups is 1. The van der Waals surface area contributed by atoms with Crippen molar-refractivity contribution in [3.8, 4) is 0 Å². The first-order chi connectivity index (χ1) is 9.01. The van der Waals surface area contributed by atoms with Crippen LogP contribution in [0.5, 0.6) is 0 Å². The molecular formula is C14H23N3OS. The highest BCUT2D eigenvalue weighted by atomic mass is 32.1. The summed E-state index contributed by atoms with van der Waals surface area (Å²) in [6.45, 7) is 8.58. The van der Waals surface area contributed by atoms with Crippen LogP contribution in [0.3, 0.4) is 0 Å². The minimum Gasteiger partial charge on any atom is -0.338 e. The van der Waals surface area contributed by atoms with Gasteiger partial charge in [0.25, 0.3) is 5.91 Å². The molecular weight excluding hydrogens is 258 g/mol. The summed E-state index contributed by atoms with van der Waals surface area (Å²) in [5.74, 6) is 1.18. The van der Waals surface area contributed by atoms with Crippen molar-refractivity contribution >= 4 is 17.2 Å². The van der Waals surface area contributed by atoms with Gasteiger partial charge in [0.1, 0.15) is 4.88 Å². The summed E-state index contributed by atoms with van der Waals surface area (Å²) in [7, 11) is 0. The summed E-state index contributed by atoms with van der Waals surface area (Å²) in [4.78, 5) is 19.8. The average molecular weight is 281 g/mol. The molecule has 1 saturated heterocycles. The van der Waals surface area contributed by atoms with Crippen LogP contribution in [0.15, 0.2) is 0 Å². The molecule has 1 aliphatic heterocycles. The Bertz CT molecular complexity index is 456. The fourth-order valence-corrected chi connectivity index (χ4v) is 3.69. The molecule has 0 aliphatic carbocycles. The van der Waals surface area contributed by atoms with E-state index in [1.165, 1.54) is 0 Å². The largest absolute Gasteiger partial charge is 0.338 e. The Morgan fingerprint density at radius 2 is 2.32 bits per heavy atom. The third-order valence-corrected chi connectivity index (χ3v) is 4.69. The fraction of sp³-hybridized carbons (Fsp3) is 0.714. The number of likely N-dealkylation sites (tertiary alicyclic amines) is 1. The Balaban J connectivity index is 2.09. The molecule has 0 saturated carbocycles. The van der Waals surface area contributed by atoms with E-state index in [0.717, 1.165) is 41.5 Å². The highest BCUT2D eigenvalue weighted by Gasteiger charge is 2.28. The van der Waals surface area contributed by atoms with E-state index in [9.17, 15) is 4.79 Å². The van der Waals surface area contributed by atoms with E-state index in [1.807, 2.05) is 11.8 Å². The second kappa shape index (κ2) is 6.01. The van der Waals surface area contributed by atoms with Crippen molar-refractivity contribution in [2.24, 2.45) is 17.6 Å². The summed E-state index contributed by atoms with van der Waals surface area (Å²) in [5.41, 5.74) is 6.55. The topological polar surface area (TPSA) is 59.2 Å². The van der Waals surface area contributed by atoms with Crippen molar-refractivity contribution in [2.75, 3.05) is 19.6 Å². The van der Waals surface area contributed by atoms with Gasteiger partial charge in [-0.2, -0.15) is 0 Å². The predicted molar refractivity (Wildman–Crippen MR) is 78.5 cm³/mol. The zero-order chi connectivity index (χ0) is 14.0. The smallest absolute Gasteiger partial charge is 0.265 e. The molecule has 0 bridgehead atoms. The SMILES string of the molecule is Cc1nc(CC(C)C)sc1C(=O)N1CC[C@@H](CN)C1. The second-order valence-corrected chi connectivity index (χ2v) is 6.85. The number of amides is 1. The monoisotopic (exact) mass is 281 g/mol. The molecule has 0 unspecified atom stereocenters. The number of aryl methyl sites for hydroxylation is 1. The minimum atomic E-state index is 0.140. The molecule has 1 atom stereocenters. The molecule has 19 heavy (non-hydrogen) atoms. The number of nitrogens with zero attached hydrogens (tertiary/aromatic N) is 2. The quantitative estimate of drug-likeness (QED) is 0.919. The molecule has 5 heteroatoms. The van der Waals surface area contributed by atoms with Gasteiger partial charge in [-0.3, -0.25) is 4.79 Å². The molecule has 2 rings (SSSR count). The Morgan fingerprint density at radius 1 is 1.58 bits per heavy atom. The summed E-state index contributed by atoms with van der Waals surface area (Å²) in [6.07, 6.45) is 1.98. The van der Waals surface area contributed by atoms with Gasteiger partial charge in [0.05, 0.1) is 10.7 Å². The highest BCUT2D eigenvalue weighted by molar-refractivity contribution is 7.13. The third kappa shape index (κ3) is 3.34. The van der Waals surface area contributed by atoms with Gasteiger partial charge >= 0.3 is 0 Å². The minimum absolute atomic E-state index is 0.140. The van der Waals surface area contributed by atoms with Gasteiger partial charge in [0.2, 0.25) is 0 Å². The molecule has 1 aliphatic rings. The second-order valence-electron chi connectivity index (χ2n) is 5.76. The van der Waals surface area contributed by atoms with Crippen LogP contribution in [0, 0.1) is 18.8 Å². The van der Waals surface area contributed by atoms with Crippen molar-refractivity contribution in [2.45, 2.75) is 33.6 Å². The Kier molecular flexibility index (Phi) is 4.58. The molecule has 4 nitrogen and oxygen atoms in total. The molecule has 2 N–H and O–H groups in total. The van der Waals surface area contributed by atoms with Crippen LogP contribution < -0.4 is 5.73 Å². The van der Waals surface area contributed by atoms with Crippen LogP contribution in [-0.4, -0.2) is 35.4 Å². The fourth-order valence-electron chi connectivity index (χ4n) is 2.44. The van der Waals surface area contributed by atoms with Gasteiger partial charge in [-0.05, 0) is 31.7 Å². The van der Waals surface area contributed by atoms with E-state index in [4.69, 9.17) is 5.73 Å². The standard InChI is InChI=1S/C14H23N3OS/c1-9(2)6-12-16-10(3)13(19-12)14(18)17-5-4-11(7-15)8-17/h9,11H,4-8,15H2,1-3H3/t11-/m0/s1. The van der Waals surface area contributed by atoms with Gasteiger partial charge in [-0.25, -0.2) is 4.98 Å². The lowest BCUT2D eigenvalue weighted by atomic mass is 10.1.